The Balaban J connectivity index is 1.76. The molecule has 7 nitrogen and oxygen atoms in total. The van der Waals surface area contributed by atoms with Crippen molar-refractivity contribution in [2.75, 3.05) is 11.9 Å². The number of hydrogen-bond donors (Lipinski definition) is 1. The first kappa shape index (κ1) is 17.6. The molecule has 0 saturated carbocycles. The van der Waals surface area contributed by atoms with Gasteiger partial charge in [-0.15, -0.1) is 11.3 Å². The molecular formula is C16H17N3O4S2. The summed E-state index contributed by atoms with van der Waals surface area (Å²) in [7, 11) is -4.00. The maximum absolute atomic E-state index is 12.4. The van der Waals surface area contributed by atoms with E-state index in [1.807, 2.05) is 26.2 Å². The molecule has 0 bridgehead atoms. The average Bonchev–Trinajstić information content (AvgIpc) is 3.06. The molecule has 0 aliphatic carbocycles. The molecule has 1 aliphatic heterocycles. The number of carbonyl (C=O) groups is 2. The maximum atomic E-state index is 12.4. The van der Waals surface area contributed by atoms with Crippen LogP contribution in [0.1, 0.15) is 36.8 Å². The summed E-state index contributed by atoms with van der Waals surface area (Å²) >= 11 is 1.25. The first-order chi connectivity index (χ1) is 11.6. The second-order valence-corrected chi connectivity index (χ2v) is 9.34. The largest absolute Gasteiger partial charge is 0.300 e. The third-order valence-corrected chi connectivity index (χ3v) is 6.26. The van der Waals surface area contributed by atoms with Crippen molar-refractivity contribution in [3.63, 3.8) is 0 Å². The van der Waals surface area contributed by atoms with E-state index in [1.54, 1.807) is 6.07 Å². The average molecular weight is 379 g/mol. The first-order valence-corrected chi connectivity index (χ1v) is 9.84. The Morgan fingerprint density at radius 2 is 1.96 bits per heavy atom. The van der Waals surface area contributed by atoms with Crippen molar-refractivity contribution in [3.8, 4) is 0 Å². The minimum absolute atomic E-state index is 0.0722. The van der Waals surface area contributed by atoms with Crippen molar-refractivity contribution in [3.05, 3.63) is 40.9 Å². The number of rotatable bonds is 3. The van der Waals surface area contributed by atoms with E-state index in [9.17, 15) is 18.0 Å². The summed E-state index contributed by atoms with van der Waals surface area (Å²) in [5.41, 5.74) is 0.750. The Bertz CT molecular complexity index is 958. The highest BCUT2D eigenvalue weighted by molar-refractivity contribution is 7.90. The number of amides is 2. The van der Waals surface area contributed by atoms with Gasteiger partial charge in [0, 0.05) is 10.8 Å². The number of anilines is 1. The van der Waals surface area contributed by atoms with Crippen LogP contribution in [0.5, 0.6) is 0 Å². The Labute approximate surface area is 149 Å². The van der Waals surface area contributed by atoms with Crippen molar-refractivity contribution in [2.45, 2.75) is 31.1 Å². The lowest BCUT2D eigenvalue weighted by atomic mass is 9.93. The molecule has 0 spiro atoms. The minimum atomic E-state index is -4.00. The predicted octanol–water partition coefficient (Wildman–Crippen LogP) is 2.22. The number of sulfonamides is 1. The number of nitrogens with zero attached hydrogens (tertiary/aromatic N) is 2. The van der Waals surface area contributed by atoms with E-state index >= 15 is 0 Å². The highest BCUT2D eigenvalue weighted by Crippen LogP contribution is 2.30. The van der Waals surface area contributed by atoms with Gasteiger partial charge in [0.15, 0.2) is 5.13 Å². The number of thiazole rings is 1. The molecular weight excluding hydrogens is 362 g/mol. The molecule has 0 radical (unpaired) electrons. The molecule has 0 saturated heterocycles. The van der Waals surface area contributed by atoms with Crippen LogP contribution in [0.2, 0.25) is 0 Å². The van der Waals surface area contributed by atoms with Crippen molar-refractivity contribution in [1.82, 2.24) is 9.29 Å². The Morgan fingerprint density at radius 3 is 2.56 bits per heavy atom. The van der Waals surface area contributed by atoms with E-state index in [1.165, 1.54) is 29.5 Å². The van der Waals surface area contributed by atoms with Gasteiger partial charge >= 0.3 is 0 Å². The molecule has 1 aromatic carbocycles. The molecule has 2 aromatic rings. The van der Waals surface area contributed by atoms with Gasteiger partial charge < -0.3 is 5.32 Å². The summed E-state index contributed by atoms with van der Waals surface area (Å²) in [6.45, 7) is 5.42. The number of hydrogen-bond acceptors (Lipinski definition) is 6. The summed E-state index contributed by atoms with van der Waals surface area (Å²) in [6, 6.07) is 5.91. The highest BCUT2D eigenvalue weighted by Gasteiger charge is 2.41. The smallest absolute Gasteiger partial charge is 0.269 e. The number of nitrogens with one attached hydrogen (secondary N) is 1. The van der Waals surface area contributed by atoms with Gasteiger partial charge in [0.05, 0.1) is 11.3 Å². The van der Waals surface area contributed by atoms with Crippen LogP contribution in [0.3, 0.4) is 0 Å². The monoisotopic (exact) mass is 379 g/mol. The predicted molar refractivity (Wildman–Crippen MR) is 94.1 cm³/mol. The van der Waals surface area contributed by atoms with E-state index in [2.05, 4.69) is 10.3 Å². The molecule has 1 aromatic heterocycles. The molecule has 1 N–H and O–H groups in total. The third kappa shape index (κ3) is 3.16. The van der Waals surface area contributed by atoms with Crippen molar-refractivity contribution >= 4 is 38.3 Å². The Morgan fingerprint density at radius 1 is 1.28 bits per heavy atom. The highest BCUT2D eigenvalue weighted by atomic mass is 32.2. The van der Waals surface area contributed by atoms with Gasteiger partial charge in [-0.25, -0.2) is 17.7 Å². The van der Waals surface area contributed by atoms with Gasteiger partial charge in [-0.1, -0.05) is 32.9 Å². The fraction of sp³-hybridized carbons (Fsp3) is 0.312. The minimum Gasteiger partial charge on any atom is -0.300 e. The zero-order chi connectivity index (χ0) is 18.4. The van der Waals surface area contributed by atoms with E-state index in [-0.39, 0.29) is 15.9 Å². The zero-order valence-electron chi connectivity index (χ0n) is 13.9. The lowest BCUT2D eigenvalue weighted by molar-refractivity contribution is -0.116. The van der Waals surface area contributed by atoms with Gasteiger partial charge in [-0.3, -0.25) is 9.59 Å². The first-order valence-electron chi connectivity index (χ1n) is 7.52. The fourth-order valence-corrected chi connectivity index (χ4v) is 4.83. The summed E-state index contributed by atoms with van der Waals surface area (Å²) in [6.07, 6.45) is 0. The summed E-state index contributed by atoms with van der Waals surface area (Å²) in [4.78, 5) is 28.8. The van der Waals surface area contributed by atoms with Crippen LogP contribution >= 0.6 is 11.3 Å². The van der Waals surface area contributed by atoms with Crippen LogP contribution in [-0.2, 0) is 20.2 Å². The molecule has 0 atom stereocenters. The summed E-state index contributed by atoms with van der Waals surface area (Å²) in [5, 5.41) is 4.76. The van der Waals surface area contributed by atoms with Crippen molar-refractivity contribution in [1.29, 1.82) is 0 Å². The molecule has 132 valence electrons. The zero-order valence-corrected chi connectivity index (χ0v) is 15.6. The molecule has 3 rings (SSSR count). The van der Waals surface area contributed by atoms with Gasteiger partial charge in [-0.2, -0.15) is 0 Å². The second kappa shape index (κ2) is 5.92. The van der Waals surface area contributed by atoms with Gasteiger partial charge in [0.25, 0.3) is 15.9 Å². The van der Waals surface area contributed by atoms with Gasteiger partial charge in [0.2, 0.25) is 5.91 Å². The van der Waals surface area contributed by atoms with Gasteiger partial charge in [0.1, 0.15) is 11.4 Å². The molecule has 2 heterocycles. The van der Waals surface area contributed by atoms with Crippen LogP contribution in [0.15, 0.2) is 34.5 Å². The number of aromatic nitrogens is 1. The van der Waals surface area contributed by atoms with Crippen LogP contribution in [0.4, 0.5) is 5.13 Å². The fourth-order valence-electron chi connectivity index (χ4n) is 2.35. The number of carbonyl (C=O) groups excluding carboxylic acids is 2. The van der Waals surface area contributed by atoms with Gasteiger partial charge in [-0.05, 0) is 12.1 Å². The van der Waals surface area contributed by atoms with Crippen molar-refractivity contribution in [2.24, 2.45) is 0 Å². The summed E-state index contributed by atoms with van der Waals surface area (Å²) < 4.78 is 25.4. The van der Waals surface area contributed by atoms with E-state index in [0.717, 1.165) is 5.69 Å². The molecule has 0 unspecified atom stereocenters. The quantitative estimate of drug-likeness (QED) is 0.882. The van der Waals surface area contributed by atoms with Crippen LogP contribution in [0, 0.1) is 0 Å². The third-order valence-electron chi connectivity index (χ3n) is 3.72. The molecule has 1 aliphatic rings. The SMILES string of the molecule is CC(C)(C)c1csc(NC(=O)CN2C(=O)c3ccccc3S2(=O)=O)n1. The standard InChI is InChI=1S/C16H17N3O4S2/c1-16(2,3)12-9-24-15(17-12)18-13(20)8-19-14(21)10-6-4-5-7-11(10)25(19,22)23/h4-7,9H,8H2,1-3H3,(H,17,18,20). The normalized spacial score (nSPS) is 16.0. The van der Waals surface area contributed by atoms with E-state index in [0.29, 0.717) is 9.44 Å². The van der Waals surface area contributed by atoms with Crippen LogP contribution < -0.4 is 5.32 Å². The molecule has 25 heavy (non-hydrogen) atoms. The van der Waals surface area contributed by atoms with Crippen LogP contribution in [0.25, 0.3) is 0 Å². The Hall–Kier alpha value is -2.26. The Kier molecular flexibility index (Phi) is 4.16. The lowest BCUT2D eigenvalue weighted by Gasteiger charge is -2.15. The number of fused-ring (bicyclic) bond motifs is 1. The van der Waals surface area contributed by atoms with E-state index in [4.69, 9.17) is 0 Å². The molecule has 2 amide bonds. The van der Waals surface area contributed by atoms with Crippen molar-refractivity contribution < 1.29 is 18.0 Å². The maximum Gasteiger partial charge on any atom is 0.269 e. The van der Waals surface area contributed by atoms with Crippen LogP contribution in [-0.4, -0.2) is 36.1 Å². The summed E-state index contributed by atoms with van der Waals surface area (Å²) in [5.74, 6) is -1.31. The van der Waals surface area contributed by atoms with E-state index < -0.39 is 28.4 Å². The molecule has 9 heteroatoms. The topological polar surface area (TPSA) is 96.4 Å². The molecule has 0 fully saturated rings. The number of benzene rings is 1. The lowest BCUT2D eigenvalue weighted by Crippen LogP contribution is -2.37. The second-order valence-electron chi connectivity index (χ2n) is 6.65.